The van der Waals surface area contributed by atoms with Crippen LogP contribution in [-0.2, 0) is 0 Å². The summed E-state index contributed by atoms with van der Waals surface area (Å²) in [5.41, 5.74) is 2.10. The molecule has 0 aliphatic carbocycles. The van der Waals surface area contributed by atoms with Crippen LogP contribution in [0.1, 0.15) is 0 Å². The molecule has 3 heteroatoms. The highest BCUT2D eigenvalue weighted by Crippen LogP contribution is 2.24. The first-order valence-corrected chi connectivity index (χ1v) is 5.03. The number of aromatic nitrogens is 2. The fraction of sp³-hybridized carbons (Fsp3) is 0. The van der Waals surface area contributed by atoms with E-state index in [9.17, 15) is 4.39 Å². The van der Waals surface area contributed by atoms with E-state index in [1.54, 1.807) is 18.3 Å². The third kappa shape index (κ3) is 1.37. The van der Waals surface area contributed by atoms with Gasteiger partial charge >= 0.3 is 0 Å². The molecule has 0 radical (unpaired) electrons. The van der Waals surface area contributed by atoms with Crippen molar-refractivity contribution in [2.24, 2.45) is 0 Å². The van der Waals surface area contributed by atoms with Gasteiger partial charge in [-0.15, -0.1) is 0 Å². The van der Waals surface area contributed by atoms with Crippen LogP contribution in [0.25, 0.3) is 22.3 Å². The number of aromatic amines is 1. The monoisotopic (exact) mass is 212 g/mol. The lowest BCUT2D eigenvalue weighted by Crippen LogP contribution is -1.82. The van der Waals surface area contributed by atoms with Gasteiger partial charge in [-0.25, -0.2) is 9.37 Å². The van der Waals surface area contributed by atoms with Gasteiger partial charge in [0.15, 0.2) is 0 Å². The van der Waals surface area contributed by atoms with Crippen molar-refractivity contribution in [3.05, 3.63) is 54.5 Å². The van der Waals surface area contributed by atoms with Gasteiger partial charge in [0.25, 0.3) is 0 Å². The molecular formula is C13H9FN2. The number of nitrogens with zero attached hydrogens (tertiary/aromatic N) is 1. The fourth-order valence-electron chi connectivity index (χ4n) is 1.78. The van der Waals surface area contributed by atoms with Crippen LogP contribution in [-0.4, -0.2) is 9.97 Å². The van der Waals surface area contributed by atoms with Crippen LogP contribution in [0, 0.1) is 5.82 Å². The first-order chi connectivity index (χ1) is 7.84. The SMILES string of the molecule is Fc1ccccc1-c1cc2cccnc2[nH]1. The molecule has 0 atom stereocenters. The average molecular weight is 212 g/mol. The number of hydrogen-bond donors (Lipinski definition) is 1. The molecule has 78 valence electrons. The summed E-state index contributed by atoms with van der Waals surface area (Å²) < 4.78 is 13.6. The van der Waals surface area contributed by atoms with Crippen molar-refractivity contribution in [1.29, 1.82) is 0 Å². The first-order valence-electron chi connectivity index (χ1n) is 5.03. The second-order valence-corrected chi connectivity index (χ2v) is 3.60. The highest BCUT2D eigenvalue weighted by molar-refractivity contribution is 5.82. The zero-order valence-corrected chi connectivity index (χ0v) is 8.44. The number of hydrogen-bond acceptors (Lipinski definition) is 1. The summed E-state index contributed by atoms with van der Waals surface area (Å²) in [6, 6.07) is 12.4. The van der Waals surface area contributed by atoms with Gasteiger partial charge in [0, 0.05) is 17.1 Å². The van der Waals surface area contributed by atoms with E-state index in [1.165, 1.54) is 6.07 Å². The number of pyridine rings is 1. The topological polar surface area (TPSA) is 28.7 Å². The first kappa shape index (κ1) is 9.09. The van der Waals surface area contributed by atoms with Crippen LogP contribution in [0.2, 0.25) is 0 Å². The molecular weight excluding hydrogens is 203 g/mol. The van der Waals surface area contributed by atoms with Gasteiger partial charge in [-0.1, -0.05) is 12.1 Å². The van der Waals surface area contributed by atoms with Crippen molar-refractivity contribution < 1.29 is 4.39 Å². The van der Waals surface area contributed by atoms with Gasteiger partial charge in [-0.3, -0.25) is 0 Å². The lowest BCUT2D eigenvalue weighted by atomic mass is 10.1. The molecule has 0 saturated carbocycles. The van der Waals surface area contributed by atoms with Gasteiger partial charge in [0.1, 0.15) is 11.5 Å². The molecule has 16 heavy (non-hydrogen) atoms. The number of benzene rings is 1. The normalized spacial score (nSPS) is 10.8. The molecule has 3 rings (SSSR count). The molecule has 0 fully saturated rings. The number of rotatable bonds is 1. The number of halogens is 1. The largest absolute Gasteiger partial charge is 0.339 e. The second kappa shape index (κ2) is 3.45. The summed E-state index contributed by atoms with van der Waals surface area (Å²) in [5.74, 6) is -0.228. The Balaban J connectivity index is 2.23. The molecule has 0 unspecified atom stereocenters. The molecule has 0 spiro atoms. The third-order valence-corrected chi connectivity index (χ3v) is 2.56. The Morgan fingerprint density at radius 2 is 1.94 bits per heavy atom. The molecule has 1 aromatic carbocycles. The van der Waals surface area contributed by atoms with Crippen LogP contribution in [0.4, 0.5) is 4.39 Å². The van der Waals surface area contributed by atoms with Gasteiger partial charge in [0.05, 0.1) is 5.69 Å². The standard InChI is InChI=1S/C13H9FN2/c14-11-6-2-1-5-10(11)12-8-9-4-3-7-15-13(9)16-12/h1-8H,(H,15,16). The summed E-state index contributed by atoms with van der Waals surface area (Å²) in [5, 5.41) is 0.987. The highest BCUT2D eigenvalue weighted by atomic mass is 19.1. The molecule has 0 bridgehead atoms. The Labute approximate surface area is 91.8 Å². The Morgan fingerprint density at radius 3 is 2.75 bits per heavy atom. The zero-order chi connectivity index (χ0) is 11.0. The summed E-state index contributed by atoms with van der Waals surface area (Å²) in [4.78, 5) is 7.28. The van der Waals surface area contributed by atoms with Gasteiger partial charge in [0.2, 0.25) is 0 Å². The van der Waals surface area contributed by atoms with Crippen molar-refractivity contribution in [2.45, 2.75) is 0 Å². The van der Waals surface area contributed by atoms with E-state index in [2.05, 4.69) is 9.97 Å². The van der Waals surface area contributed by atoms with E-state index in [4.69, 9.17) is 0 Å². The van der Waals surface area contributed by atoms with Crippen LogP contribution in [0.15, 0.2) is 48.7 Å². The number of nitrogens with one attached hydrogen (secondary N) is 1. The number of fused-ring (bicyclic) bond motifs is 1. The van der Waals surface area contributed by atoms with Gasteiger partial charge < -0.3 is 4.98 Å². The summed E-state index contributed by atoms with van der Waals surface area (Å²) in [6.45, 7) is 0. The minimum absolute atomic E-state index is 0.228. The van der Waals surface area contributed by atoms with E-state index in [1.807, 2.05) is 24.3 Å². The molecule has 3 aromatic rings. The fourth-order valence-corrected chi connectivity index (χ4v) is 1.78. The number of H-pyrrole nitrogens is 1. The Kier molecular flexibility index (Phi) is 1.96. The third-order valence-electron chi connectivity index (χ3n) is 2.56. The van der Waals surface area contributed by atoms with E-state index in [-0.39, 0.29) is 5.82 Å². The average Bonchev–Trinajstić information content (AvgIpc) is 2.73. The summed E-state index contributed by atoms with van der Waals surface area (Å²) in [6.07, 6.45) is 1.71. The van der Waals surface area contributed by atoms with E-state index in [0.717, 1.165) is 16.7 Å². The Hall–Kier alpha value is -2.16. The van der Waals surface area contributed by atoms with Crippen LogP contribution >= 0.6 is 0 Å². The Bertz CT molecular complexity index is 610. The zero-order valence-electron chi connectivity index (χ0n) is 8.44. The lowest BCUT2D eigenvalue weighted by Gasteiger charge is -1.98. The maximum atomic E-state index is 13.6. The van der Waals surface area contributed by atoms with Crippen molar-refractivity contribution in [3.8, 4) is 11.3 Å². The van der Waals surface area contributed by atoms with Crippen molar-refractivity contribution >= 4 is 11.0 Å². The smallest absolute Gasteiger partial charge is 0.137 e. The van der Waals surface area contributed by atoms with Gasteiger partial charge in [-0.05, 0) is 30.3 Å². The molecule has 0 aliphatic heterocycles. The van der Waals surface area contributed by atoms with E-state index in [0.29, 0.717) is 5.56 Å². The quantitative estimate of drug-likeness (QED) is 0.658. The summed E-state index contributed by atoms with van der Waals surface area (Å²) >= 11 is 0. The maximum Gasteiger partial charge on any atom is 0.137 e. The van der Waals surface area contributed by atoms with Crippen molar-refractivity contribution in [1.82, 2.24) is 9.97 Å². The van der Waals surface area contributed by atoms with Crippen LogP contribution < -0.4 is 0 Å². The molecule has 2 aromatic heterocycles. The minimum Gasteiger partial charge on any atom is -0.339 e. The van der Waals surface area contributed by atoms with Crippen molar-refractivity contribution in [3.63, 3.8) is 0 Å². The Morgan fingerprint density at radius 1 is 1.06 bits per heavy atom. The van der Waals surface area contributed by atoms with Crippen molar-refractivity contribution in [2.75, 3.05) is 0 Å². The lowest BCUT2D eigenvalue weighted by molar-refractivity contribution is 0.631. The van der Waals surface area contributed by atoms with Gasteiger partial charge in [-0.2, -0.15) is 0 Å². The van der Waals surface area contributed by atoms with Crippen LogP contribution in [0.5, 0.6) is 0 Å². The molecule has 0 saturated heterocycles. The predicted molar refractivity (Wildman–Crippen MR) is 61.5 cm³/mol. The molecule has 0 aliphatic rings. The minimum atomic E-state index is -0.228. The molecule has 2 nitrogen and oxygen atoms in total. The second-order valence-electron chi connectivity index (χ2n) is 3.60. The van der Waals surface area contributed by atoms with E-state index >= 15 is 0 Å². The van der Waals surface area contributed by atoms with E-state index < -0.39 is 0 Å². The molecule has 2 heterocycles. The highest BCUT2D eigenvalue weighted by Gasteiger charge is 2.07. The summed E-state index contributed by atoms with van der Waals surface area (Å²) in [7, 11) is 0. The maximum absolute atomic E-state index is 13.6. The molecule has 0 amide bonds. The van der Waals surface area contributed by atoms with Crippen LogP contribution in [0.3, 0.4) is 0 Å². The molecule has 1 N–H and O–H groups in total. The predicted octanol–water partition coefficient (Wildman–Crippen LogP) is 3.37.